The summed E-state index contributed by atoms with van der Waals surface area (Å²) in [4.78, 5) is 0. The van der Waals surface area contributed by atoms with E-state index in [0.717, 1.165) is 17.0 Å². The van der Waals surface area contributed by atoms with E-state index in [4.69, 9.17) is 4.74 Å². The van der Waals surface area contributed by atoms with Gasteiger partial charge in [-0.2, -0.15) is 5.10 Å². The van der Waals surface area contributed by atoms with Crippen molar-refractivity contribution >= 4 is 0 Å². The molecule has 5 heteroatoms. The monoisotopic (exact) mass is 283 g/mol. The van der Waals surface area contributed by atoms with Gasteiger partial charge in [-0.1, -0.05) is 12.1 Å². The first kappa shape index (κ1) is 13.5. The lowest BCUT2D eigenvalue weighted by atomic mass is 10.1. The molecule has 5 nitrogen and oxygen atoms in total. The Bertz CT molecular complexity index is 704. The average molecular weight is 283 g/mol. The molecule has 0 fully saturated rings. The number of hydrogen-bond donors (Lipinski definition) is 1. The molecule has 0 radical (unpaired) electrons. The highest BCUT2D eigenvalue weighted by molar-refractivity contribution is 5.30. The van der Waals surface area contributed by atoms with Crippen molar-refractivity contribution in [1.29, 1.82) is 0 Å². The van der Waals surface area contributed by atoms with Gasteiger partial charge in [0.15, 0.2) is 0 Å². The molecule has 21 heavy (non-hydrogen) atoms. The third-order valence-electron chi connectivity index (χ3n) is 3.36. The summed E-state index contributed by atoms with van der Waals surface area (Å²) in [5.74, 6) is 0.736. The lowest BCUT2D eigenvalue weighted by Crippen LogP contribution is -2.09. The van der Waals surface area contributed by atoms with E-state index in [9.17, 15) is 5.11 Å². The number of rotatable bonds is 5. The third-order valence-corrected chi connectivity index (χ3v) is 3.36. The summed E-state index contributed by atoms with van der Waals surface area (Å²) in [6.45, 7) is 0.397. The van der Waals surface area contributed by atoms with Crippen molar-refractivity contribution in [2.24, 2.45) is 0 Å². The molecule has 2 aromatic heterocycles. The molecule has 0 aliphatic rings. The van der Waals surface area contributed by atoms with E-state index < -0.39 is 6.10 Å². The maximum atomic E-state index is 10.3. The molecule has 3 rings (SSSR count). The molecule has 0 spiro atoms. The van der Waals surface area contributed by atoms with Crippen molar-refractivity contribution < 1.29 is 9.84 Å². The van der Waals surface area contributed by atoms with Crippen molar-refractivity contribution in [3.8, 4) is 11.4 Å². The molecule has 1 atom stereocenters. The zero-order valence-corrected chi connectivity index (χ0v) is 11.8. The Morgan fingerprint density at radius 1 is 1.24 bits per heavy atom. The first-order chi connectivity index (χ1) is 10.3. The highest BCUT2D eigenvalue weighted by Crippen LogP contribution is 2.20. The van der Waals surface area contributed by atoms with Crippen LogP contribution in [0.5, 0.6) is 5.75 Å². The Kier molecular flexibility index (Phi) is 3.75. The Hall–Kier alpha value is -2.53. The van der Waals surface area contributed by atoms with Crippen molar-refractivity contribution in [3.63, 3.8) is 0 Å². The van der Waals surface area contributed by atoms with Crippen LogP contribution in [0.15, 0.2) is 61.2 Å². The molecular weight excluding hydrogens is 266 g/mol. The minimum absolute atomic E-state index is 0.397. The van der Waals surface area contributed by atoms with Crippen LogP contribution >= 0.6 is 0 Å². The number of aliphatic hydroxyl groups excluding tert-OH is 1. The number of methoxy groups -OCH3 is 1. The van der Waals surface area contributed by atoms with Crippen molar-refractivity contribution in [1.82, 2.24) is 14.3 Å². The Balaban J connectivity index is 1.74. The summed E-state index contributed by atoms with van der Waals surface area (Å²) >= 11 is 0. The van der Waals surface area contributed by atoms with E-state index in [-0.39, 0.29) is 0 Å². The standard InChI is InChI=1S/C16H17N3O2/c1-21-15-6-4-5-13(9-15)16(20)12-19-11-14(10-17-19)18-7-2-3-8-18/h2-11,16,20H,12H2,1H3/t16-/m0/s1. The van der Waals surface area contributed by atoms with Gasteiger partial charge in [-0.05, 0) is 29.8 Å². The highest BCUT2D eigenvalue weighted by Gasteiger charge is 2.10. The zero-order valence-electron chi connectivity index (χ0n) is 11.8. The van der Waals surface area contributed by atoms with Crippen molar-refractivity contribution in [3.05, 3.63) is 66.7 Å². The van der Waals surface area contributed by atoms with Gasteiger partial charge in [0.2, 0.25) is 0 Å². The molecule has 108 valence electrons. The SMILES string of the molecule is COc1cccc([C@@H](O)Cn2cc(-n3cccc3)cn2)c1. The molecular formula is C16H17N3O2. The smallest absolute Gasteiger partial charge is 0.119 e. The van der Waals surface area contributed by atoms with E-state index in [0.29, 0.717) is 6.54 Å². The van der Waals surface area contributed by atoms with Crippen LogP contribution in [0.2, 0.25) is 0 Å². The minimum atomic E-state index is -0.627. The second-order valence-electron chi connectivity index (χ2n) is 4.80. The molecule has 0 aliphatic carbocycles. The molecule has 0 aliphatic heterocycles. The normalized spacial score (nSPS) is 12.3. The second kappa shape index (κ2) is 5.85. The highest BCUT2D eigenvalue weighted by atomic mass is 16.5. The molecule has 3 aromatic rings. The lowest BCUT2D eigenvalue weighted by Gasteiger charge is -2.12. The molecule has 0 saturated carbocycles. The average Bonchev–Trinajstić information content (AvgIpc) is 3.18. The number of aromatic nitrogens is 3. The van der Waals surface area contributed by atoms with E-state index in [1.54, 1.807) is 18.0 Å². The summed E-state index contributed by atoms with van der Waals surface area (Å²) in [7, 11) is 1.61. The molecule has 0 amide bonds. The second-order valence-corrected chi connectivity index (χ2v) is 4.80. The van der Waals surface area contributed by atoms with E-state index in [2.05, 4.69) is 5.10 Å². The van der Waals surface area contributed by atoms with Gasteiger partial charge in [-0.3, -0.25) is 4.68 Å². The van der Waals surface area contributed by atoms with Gasteiger partial charge in [-0.25, -0.2) is 0 Å². The van der Waals surface area contributed by atoms with Crippen LogP contribution in [-0.2, 0) is 6.54 Å². The number of nitrogens with zero attached hydrogens (tertiary/aromatic N) is 3. The van der Waals surface area contributed by atoms with Crippen LogP contribution in [0.4, 0.5) is 0 Å². The van der Waals surface area contributed by atoms with Gasteiger partial charge in [-0.15, -0.1) is 0 Å². The molecule has 0 saturated heterocycles. The van der Waals surface area contributed by atoms with E-state index in [1.807, 2.05) is 59.6 Å². The predicted octanol–water partition coefficient (Wildman–Crippen LogP) is 2.42. The third kappa shape index (κ3) is 2.98. The largest absolute Gasteiger partial charge is 0.497 e. The maximum Gasteiger partial charge on any atom is 0.119 e. The van der Waals surface area contributed by atoms with Gasteiger partial charge in [0.05, 0.1) is 31.6 Å². The van der Waals surface area contributed by atoms with Crippen LogP contribution in [0.1, 0.15) is 11.7 Å². The van der Waals surface area contributed by atoms with E-state index >= 15 is 0 Å². The first-order valence-corrected chi connectivity index (χ1v) is 6.74. The van der Waals surface area contributed by atoms with Crippen molar-refractivity contribution in [2.75, 3.05) is 7.11 Å². The van der Waals surface area contributed by atoms with Gasteiger partial charge >= 0.3 is 0 Å². The van der Waals surface area contributed by atoms with Gasteiger partial charge < -0.3 is 14.4 Å². The fourth-order valence-corrected chi connectivity index (χ4v) is 2.22. The minimum Gasteiger partial charge on any atom is -0.497 e. The zero-order chi connectivity index (χ0) is 14.7. The summed E-state index contributed by atoms with van der Waals surface area (Å²) < 4.78 is 8.88. The fraction of sp³-hybridized carbons (Fsp3) is 0.188. The van der Waals surface area contributed by atoms with E-state index in [1.165, 1.54) is 0 Å². The fourth-order valence-electron chi connectivity index (χ4n) is 2.22. The summed E-state index contributed by atoms with van der Waals surface area (Å²) in [6, 6.07) is 11.4. The molecule has 1 aromatic carbocycles. The van der Waals surface area contributed by atoms with Gasteiger partial charge in [0, 0.05) is 18.6 Å². The summed E-state index contributed by atoms with van der Waals surface area (Å²) in [5.41, 5.74) is 1.78. The number of aliphatic hydroxyl groups is 1. The predicted molar refractivity (Wildman–Crippen MR) is 79.5 cm³/mol. The summed E-state index contributed by atoms with van der Waals surface area (Å²) in [5, 5.41) is 14.6. The molecule has 0 bridgehead atoms. The molecule has 0 unspecified atom stereocenters. The van der Waals surface area contributed by atoms with Gasteiger partial charge in [0.1, 0.15) is 5.75 Å². The Morgan fingerprint density at radius 3 is 2.81 bits per heavy atom. The topological polar surface area (TPSA) is 52.2 Å². The maximum absolute atomic E-state index is 10.3. The molecule has 2 heterocycles. The van der Waals surface area contributed by atoms with Crippen LogP contribution in [0, 0.1) is 0 Å². The number of hydrogen-bond acceptors (Lipinski definition) is 3. The van der Waals surface area contributed by atoms with Crippen molar-refractivity contribution in [2.45, 2.75) is 12.6 Å². The quantitative estimate of drug-likeness (QED) is 0.782. The van der Waals surface area contributed by atoms with Crippen LogP contribution in [-0.4, -0.2) is 26.6 Å². The number of benzene rings is 1. The van der Waals surface area contributed by atoms with Gasteiger partial charge in [0.25, 0.3) is 0 Å². The van der Waals surface area contributed by atoms with Crippen LogP contribution in [0.25, 0.3) is 5.69 Å². The number of ether oxygens (including phenoxy) is 1. The van der Waals surface area contributed by atoms with Crippen LogP contribution in [0.3, 0.4) is 0 Å². The van der Waals surface area contributed by atoms with Crippen LogP contribution < -0.4 is 4.74 Å². The Labute approximate surface area is 123 Å². The summed E-state index contributed by atoms with van der Waals surface area (Å²) in [6.07, 6.45) is 6.97. The first-order valence-electron chi connectivity index (χ1n) is 6.74. The Morgan fingerprint density at radius 2 is 2.05 bits per heavy atom. The lowest BCUT2D eigenvalue weighted by molar-refractivity contribution is 0.151. The molecule has 1 N–H and O–H groups in total.